The van der Waals surface area contributed by atoms with Crippen molar-refractivity contribution in [1.29, 1.82) is 0 Å². The van der Waals surface area contributed by atoms with Crippen LogP contribution in [0.5, 0.6) is 11.5 Å². The van der Waals surface area contributed by atoms with Crippen LogP contribution in [-0.4, -0.2) is 67.1 Å². The first-order valence-corrected chi connectivity index (χ1v) is 14.0. The van der Waals surface area contributed by atoms with Crippen LogP contribution in [0, 0.1) is 0 Å². The van der Waals surface area contributed by atoms with Crippen molar-refractivity contribution in [3.05, 3.63) is 52.5 Å². The van der Waals surface area contributed by atoms with E-state index in [1.807, 2.05) is 6.07 Å². The first-order chi connectivity index (χ1) is 20.4. The van der Waals surface area contributed by atoms with Gasteiger partial charge in [0.2, 0.25) is 0 Å². The van der Waals surface area contributed by atoms with Gasteiger partial charge in [0.15, 0.2) is 11.5 Å². The topological polar surface area (TPSA) is 100 Å². The summed E-state index contributed by atoms with van der Waals surface area (Å²) in [6, 6.07) is 9.34. The highest BCUT2D eigenvalue weighted by Gasteiger charge is 2.52. The van der Waals surface area contributed by atoms with Crippen LogP contribution in [0.25, 0.3) is 0 Å². The third-order valence-electron chi connectivity index (χ3n) is 8.03. The number of carboxylic acids is 1. The molecule has 0 radical (unpaired) electrons. The highest BCUT2D eigenvalue weighted by Crippen LogP contribution is 2.51. The van der Waals surface area contributed by atoms with Gasteiger partial charge in [-0.25, -0.2) is 9.59 Å². The average molecular weight is 654 g/mol. The molecule has 244 valence electrons. The summed E-state index contributed by atoms with van der Waals surface area (Å²) in [5.74, 6) is -1.37. The summed E-state index contributed by atoms with van der Waals surface area (Å²) in [6.45, 7) is 5.32. The van der Waals surface area contributed by atoms with Crippen LogP contribution < -0.4 is 20.1 Å². The Morgan fingerprint density at radius 3 is 2.18 bits per heavy atom. The van der Waals surface area contributed by atoms with Crippen LogP contribution >= 0.6 is 11.6 Å². The Hall–Kier alpha value is -3.39. The van der Waals surface area contributed by atoms with E-state index in [0.717, 1.165) is 44.4 Å². The molecule has 2 aromatic rings. The number of alkyl halides is 6. The predicted octanol–water partition coefficient (Wildman–Crippen LogP) is 7.10. The maximum Gasteiger partial charge on any atom is 0.490 e. The standard InChI is InChI=1S/C27H33ClF3N3O3.C2HF3O2/c1-16(2)34-12-11-26(17-5-8-22(36-3)23(13-17)37-4)10-9-19(15-24(26)34)33-25(35)32-18-6-7-20(21(28)14-18)27(29,30)31;3-2(4,5)1(6)7/h5-8,13-14,16,19,24H,9-12,15H2,1-4H3,(H2,32,33,35);(H,6,7). The Balaban J connectivity index is 0.000000676. The van der Waals surface area contributed by atoms with Crippen molar-refractivity contribution in [3.8, 4) is 11.5 Å². The van der Waals surface area contributed by atoms with Crippen molar-refractivity contribution in [1.82, 2.24) is 10.2 Å². The Labute approximate surface area is 255 Å². The second kappa shape index (κ2) is 13.7. The molecule has 3 N–H and O–H groups in total. The molecule has 44 heavy (non-hydrogen) atoms. The molecule has 0 bridgehead atoms. The Morgan fingerprint density at radius 1 is 1.02 bits per heavy atom. The number of nitrogens with one attached hydrogen (secondary N) is 2. The highest BCUT2D eigenvalue weighted by molar-refractivity contribution is 6.31. The van der Waals surface area contributed by atoms with Gasteiger partial charge < -0.3 is 25.2 Å². The molecule has 1 saturated carbocycles. The minimum Gasteiger partial charge on any atom is -0.493 e. The van der Waals surface area contributed by atoms with Crippen LogP contribution in [0.15, 0.2) is 36.4 Å². The van der Waals surface area contributed by atoms with Gasteiger partial charge in [-0.2, -0.15) is 26.3 Å². The van der Waals surface area contributed by atoms with Crippen molar-refractivity contribution >= 4 is 29.3 Å². The van der Waals surface area contributed by atoms with Gasteiger partial charge in [0, 0.05) is 29.2 Å². The zero-order chi connectivity index (χ0) is 33.0. The van der Waals surface area contributed by atoms with E-state index in [2.05, 4.69) is 41.5 Å². The van der Waals surface area contributed by atoms with Crippen LogP contribution in [0.1, 0.15) is 50.7 Å². The molecule has 8 nitrogen and oxygen atoms in total. The molecule has 1 heterocycles. The number of benzene rings is 2. The molecule has 2 fully saturated rings. The van der Waals surface area contributed by atoms with E-state index in [9.17, 15) is 31.1 Å². The first-order valence-electron chi connectivity index (χ1n) is 13.7. The molecule has 3 atom stereocenters. The summed E-state index contributed by atoms with van der Waals surface area (Å²) in [7, 11) is 3.25. The largest absolute Gasteiger partial charge is 0.493 e. The van der Waals surface area contributed by atoms with E-state index in [-0.39, 0.29) is 23.2 Å². The van der Waals surface area contributed by atoms with Gasteiger partial charge in [0.1, 0.15) is 0 Å². The minimum atomic E-state index is -5.08. The molecule has 3 unspecified atom stereocenters. The number of rotatable bonds is 6. The summed E-state index contributed by atoms with van der Waals surface area (Å²) < 4.78 is 81.7. The first kappa shape index (κ1) is 35.1. The number of carbonyl (C=O) groups excluding carboxylic acids is 1. The van der Waals surface area contributed by atoms with Gasteiger partial charge in [-0.3, -0.25) is 4.90 Å². The van der Waals surface area contributed by atoms with Gasteiger partial charge in [-0.1, -0.05) is 17.7 Å². The number of nitrogens with zero attached hydrogens (tertiary/aromatic N) is 1. The highest BCUT2D eigenvalue weighted by atomic mass is 35.5. The SMILES string of the molecule is COc1ccc(C23CCC(NC(=O)Nc4ccc(C(F)(F)F)c(Cl)c4)CC2N(C(C)C)CC3)cc1OC.O=C(O)C(F)(F)F. The summed E-state index contributed by atoms with van der Waals surface area (Å²) >= 11 is 5.80. The number of hydrogen-bond donors (Lipinski definition) is 3. The summed E-state index contributed by atoms with van der Waals surface area (Å²) in [6.07, 6.45) is -6.21. The maximum atomic E-state index is 13.0. The fourth-order valence-corrected chi connectivity index (χ4v) is 6.28. The average Bonchev–Trinajstić information content (AvgIpc) is 3.32. The monoisotopic (exact) mass is 653 g/mol. The fourth-order valence-electron chi connectivity index (χ4n) is 5.99. The number of fused-ring (bicyclic) bond motifs is 1. The predicted molar refractivity (Wildman–Crippen MR) is 151 cm³/mol. The smallest absolute Gasteiger partial charge is 0.490 e. The number of carbonyl (C=O) groups is 2. The van der Waals surface area contributed by atoms with Gasteiger partial charge in [-0.15, -0.1) is 0 Å². The molecule has 0 spiro atoms. The Bertz CT molecular complexity index is 1340. The van der Waals surface area contributed by atoms with Gasteiger partial charge in [0.25, 0.3) is 0 Å². The second-order valence-electron chi connectivity index (χ2n) is 10.9. The Morgan fingerprint density at radius 2 is 1.66 bits per heavy atom. The molecular weight excluding hydrogens is 620 g/mol. The van der Waals surface area contributed by atoms with Crippen molar-refractivity contribution in [2.45, 2.75) is 75.4 Å². The lowest BCUT2D eigenvalue weighted by molar-refractivity contribution is -0.192. The van der Waals surface area contributed by atoms with Crippen LogP contribution in [0.4, 0.5) is 36.8 Å². The number of anilines is 1. The summed E-state index contributed by atoms with van der Waals surface area (Å²) in [5.41, 5.74) is 0.407. The molecule has 1 aliphatic carbocycles. The van der Waals surface area contributed by atoms with Crippen molar-refractivity contribution < 1.29 is 50.5 Å². The second-order valence-corrected chi connectivity index (χ2v) is 11.3. The Kier molecular flexibility index (Phi) is 10.9. The molecule has 0 aromatic heterocycles. The normalized spacial score (nSPS) is 22.0. The van der Waals surface area contributed by atoms with Crippen molar-refractivity contribution in [3.63, 3.8) is 0 Å². The van der Waals surface area contributed by atoms with Gasteiger partial charge >= 0.3 is 24.4 Å². The fraction of sp³-hybridized carbons (Fsp3) is 0.517. The molecule has 2 aliphatic rings. The number of halogens is 7. The lowest BCUT2D eigenvalue weighted by Crippen LogP contribution is -2.54. The van der Waals surface area contributed by atoms with Crippen LogP contribution in [0.3, 0.4) is 0 Å². The van der Waals surface area contributed by atoms with Gasteiger partial charge in [0.05, 0.1) is 24.8 Å². The molecule has 2 aromatic carbocycles. The number of likely N-dealkylation sites (tertiary alicyclic amines) is 1. The zero-order valence-electron chi connectivity index (χ0n) is 24.4. The lowest BCUT2D eigenvalue weighted by Gasteiger charge is -2.46. The van der Waals surface area contributed by atoms with E-state index in [0.29, 0.717) is 17.5 Å². The van der Waals surface area contributed by atoms with E-state index in [4.69, 9.17) is 31.0 Å². The molecule has 1 saturated heterocycles. The van der Waals surface area contributed by atoms with E-state index < -0.39 is 34.9 Å². The number of methoxy groups -OCH3 is 2. The number of hydrogen-bond acceptors (Lipinski definition) is 5. The minimum absolute atomic E-state index is 0.0700. The third kappa shape index (κ3) is 8.00. The molecule has 4 rings (SSSR count). The molecule has 2 amide bonds. The van der Waals surface area contributed by atoms with E-state index in [1.54, 1.807) is 14.2 Å². The summed E-state index contributed by atoms with van der Waals surface area (Å²) in [5, 5.41) is 12.3. The van der Waals surface area contributed by atoms with Crippen molar-refractivity contribution in [2.75, 3.05) is 26.1 Å². The zero-order valence-corrected chi connectivity index (χ0v) is 25.2. The molecule has 1 aliphatic heterocycles. The lowest BCUT2D eigenvalue weighted by atomic mass is 9.65. The van der Waals surface area contributed by atoms with Crippen molar-refractivity contribution in [2.24, 2.45) is 0 Å². The quantitative estimate of drug-likeness (QED) is 0.288. The third-order valence-corrected chi connectivity index (χ3v) is 8.35. The van der Waals surface area contributed by atoms with Crippen LogP contribution in [0.2, 0.25) is 5.02 Å². The number of urea groups is 1. The van der Waals surface area contributed by atoms with E-state index in [1.165, 1.54) is 11.6 Å². The van der Waals surface area contributed by atoms with Gasteiger partial charge in [-0.05, 0) is 82.0 Å². The number of ether oxygens (including phenoxy) is 2. The molecule has 15 heteroatoms. The number of amides is 2. The number of aliphatic carboxylic acids is 1. The molecular formula is C29H34ClF6N3O5. The number of carboxylic acid groups (broad SMARTS) is 1. The maximum absolute atomic E-state index is 13.0. The van der Waals surface area contributed by atoms with E-state index >= 15 is 0 Å². The van der Waals surface area contributed by atoms with Crippen LogP contribution in [-0.2, 0) is 16.4 Å². The summed E-state index contributed by atoms with van der Waals surface area (Å²) in [4.78, 5) is 24.1.